The SMILES string of the molecule is COC(=O)c1cc(/C=C/c2ccc(C)cc2)ccc1C. The van der Waals surface area contributed by atoms with Crippen LogP contribution < -0.4 is 0 Å². The molecule has 0 aliphatic carbocycles. The van der Waals surface area contributed by atoms with E-state index >= 15 is 0 Å². The number of esters is 1. The van der Waals surface area contributed by atoms with Gasteiger partial charge in [-0.25, -0.2) is 4.79 Å². The summed E-state index contributed by atoms with van der Waals surface area (Å²) in [5.74, 6) is -0.298. The van der Waals surface area contributed by atoms with Gasteiger partial charge in [-0.2, -0.15) is 0 Å². The lowest BCUT2D eigenvalue weighted by Crippen LogP contribution is -2.03. The number of methoxy groups -OCH3 is 1. The molecule has 0 bridgehead atoms. The molecule has 0 aliphatic rings. The molecule has 2 aromatic carbocycles. The van der Waals surface area contributed by atoms with Crippen molar-refractivity contribution >= 4 is 18.1 Å². The lowest BCUT2D eigenvalue weighted by atomic mass is 10.0. The van der Waals surface area contributed by atoms with Crippen molar-refractivity contribution in [3.63, 3.8) is 0 Å². The molecule has 2 rings (SSSR count). The normalized spacial score (nSPS) is 10.8. The molecule has 0 aromatic heterocycles. The molecule has 0 atom stereocenters. The standard InChI is InChI=1S/C18H18O2/c1-13-4-7-15(8-5-13)10-11-16-9-6-14(2)17(12-16)18(19)20-3/h4-12H,1-3H3/b11-10+. The van der Waals surface area contributed by atoms with Crippen LogP contribution in [0.1, 0.15) is 32.6 Å². The maximum Gasteiger partial charge on any atom is 0.338 e. The second kappa shape index (κ2) is 6.20. The van der Waals surface area contributed by atoms with E-state index in [1.807, 2.05) is 37.3 Å². The molecule has 0 radical (unpaired) electrons. The fraction of sp³-hybridized carbons (Fsp3) is 0.167. The highest BCUT2D eigenvalue weighted by molar-refractivity contribution is 5.92. The van der Waals surface area contributed by atoms with Gasteiger partial charge in [0.15, 0.2) is 0 Å². The third-order valence-electron chi connectivity index (χ3n) is 3.21. The van der Waals surface area contributed by atoms with Gasteiger partial charge in [-0.1, -0.05) is 54.1 Å². The van der Waals surface area contributed by atoms with Gasteiger partial charge in [0, 0.05) is 0 Å². The number of aryl methyl sites for hydroxylation is 2. The molecule has 102 valence electrons. The smallest absolute Gasteiger partial charge is 0.338 e. The zero-order chi connectivity index (χ0) is 14.5. The summed E-state index contributed by atoms with van der Waals surface area (Å²) in [5, 5.41) is 0. The molecule has 2 nitrogen and oxygen atoms in total. The molecular formula is C18H18O2. The van der Waals surface area contributed by atoms with Gasteiger partial charge < -0.3 is 4.74 Å². The van der Waals surface area contributed by atoms with Crippen LogP contribution in [-0.4, -0.2) is 13.1 Å². The average Bonchev–Trinajstić information content (AvgIpc) is 2.47. The molecule has 0 heterocycles. The summed E-state index contributed by atoms with van der Waals surface area (Å²) in [7, 11) is 1.40. The Hall–Kier alpha value is -2.35. The third kappa shape index (κ3) is 3.35. The van der Waals surface area contributed by atoms with Gasteiger partial charge in [-0.3, -0.25) is 0 Å². The summed E-state index contributed by atoms with van der Waals surface area (Å²) >= 11 is 0. The number of hydrogen-bond acceptors (Lipinski definition) is 2. The lowest BCUT2D eigenvalue weighted by Gasteiger charge is -2.04. The summed E-state index contributed by atoms with van der Waals surface area (Å²) in [4.78, 5) is 11.7. The highest BCUT2D eigenvalue weighted by atomic mass is 16.5. The predicted octanol–water partition coefficient (Wildman–Crippen LogP) is 4.26. The lowest BCUT2D eigenvalue weighted by molar-refractivity contribution is 0.0600. The van der Waals surface area contributed by atoms with Gasteiger partial charge >= 0.3 is 5.97 Å². The maximum atomic E-state index is 11.7. The maximum absolute atomic E-state index is 11.7. The van der Waals surface area contributed by atoms with Gasteiger partial charge in [-0.05, 0) is 36.6 Å². The van der Waals surface area contributed by atoms with Crippen LogP contribution in [0.2, 0.25) is 0 Å². The van der Waals surface area contributed by atoms with Crippen molar-refractivity contribution < 1.29 is 9.53 Å². The Bertz CT molecular complexity index is 637. The van der Waals surface area contributed by atoms with Crippen LogP contribution in [0.5, 0.6) is 0 Å². The summed E-state index contributed by atoms with van der Waals surface area (Å²) in [6, 6.07) is 14.1. The number of carbonyl (C=O) groups excluding carboxylic acids is 1. The van der Waals surface area contributed by atoms with Crippen molar-refractivity contribution in [2.45, 2.75) is 13.8 Å². The topological polar surface area (TPSA) is 26.3 Å². The van der Waals surface area contributed by atoms with Crippen LogP contribution >= 0.6 is 0 Å². The first-order chi connectivity index (χ1) is 9.60. The first kappa shape index (κ1) is 14.1. The number of hydrogen-bond donors (Lipinski definition) is 0. The fourth-order valence-corrected chi connectivity index (χ4v) is 1.94. The Morgan fingerprint density at radius 1 is 0.950 bits per heavy atom. The van der Waals surface area contributed by atoms with Crippen molar-refractivity contribution in [3.8, 4) is 0 Å². The molecule has 0 aliphatic heterocycles. The van der Waals surface area contributed by atoms with Crippen molar-refractivity contribution in [3.05, 3.63) is 70.3 Å². The van der Waals surface area contributed by atoms with Gasteiger partial charge in [0.05, 0.1) is 12.7 Å². The quantitative estimate of drug-likeness (QED) is 0.613. The highest BCUT2D eigenvalue weighted by Crippen LogP contribution is 2.15. The van der Waals surface area contributed by atoms with Crippen LogP contribution in [0.3, 0.4) is 0 Å². The number of rotatable bonds is 3. The Kier molecular flexibility index (Phi) is 4.36. The Morgan fingerprint density at radius 3 is 2.20 bits per heavy atom. The molecule has 0 amide bonds. The summed E-state index contributed by atoms with van der Waals surface area (Å²) in [6.07, 6.45) is 4.03. The van der Waals surface area contributed by atoms with E-state index in [1.165, 1.54) is 12.7 Å². The molecule has 2 heteroatoms. The Balaban J connectivity index is 2.25. The number of carbonyl (C=O) groups is 1. The van der Waals surface area contributed by atoms with E-state index in [4.69, 9.17) is 4.74 Å². The largest absolute Gasteiger partial charge is 0.465 e. The molecule has 0 unspecified atom stereocenters. The first-order valence-electron chi connectivity index (χ1n) is 6.54. The average molecular weight is 266 g/mol. The zero-order valence-electron chi connectivity index (χ0n) is 12.0. The predicted molar refractivity (Wildman–Crippen MR) is 82.6 cm³/mol. The second-order valence-electron chi connectivity index (χ2n) is 4.81. The molecule has 0 saturated carbocycles. The van der Waals surface area contributed by atoms with E-state index < -0.39 is 0 Å². The van der Waals surface area contributed by atoms with E-state index in [-0.39, 0.29) is 5.97 Å². The Morgan fingerprint density at radius 2 is 1.55 bits per heavy atom. The van der Waals surface area contributed by atoms with Gasteiger partial charge in [0.2, 0.25) is 0 Å². The van der Waals surface area contributed by atoms with Crippen LogP contribution in [0.4, 0.5) is 0 Å². The van der Waals surface area contributed by atoms with E-state index in [0.717, 1.165) is 16.7 Å². The van der Waals surface area contributed by atoms with Crippen molar-refractivity contribution in [2.75, 3.05) is 7.11 Å². The molecule has 0 N–H and O–H groups in total. The van der Waals surface area contributed by atoms with Crippen molar-refractivity contribution in [1.29, 1.82) is 0 Å². The minimum atomic E-state index is -0.298. The number of ether oxygens (including phenoxy) is 1. The van der Waals surface area contributed by atoms with Gasteiger partial charge in [-0.15, -0.1) is 0 Å². The summed E-state index contributed by atoms with van der Waals surface area (Å²) in [5.41, 5.74) is 4.89. The van der Waals surface area contributed by atoms with E-state index in [0.29, 0.717) is 5.56 Å². The highest BCUT2D eigenvalue weighted by Gasteiger charge is 2.08. The molecule has 20 heavy (non-hydrogen) atoms. The van der Waals surface area contributed by atoms with Crippen LogP contribution in [-0.2, 0) is 4.74 Å². The van der Waals surface area contributed by atoms with E-state index in [9.17, 15) is 4.79 Å². The van der Waals surface area contributed by atoms with Crippen LogP contribution in [0.15, 0.2) is 42.5 Å². The second-order valence-corrected chi connectivity index (χ2v) is 4.81. The summed E-state index contributed by atoms with van der Waals surface area (Å²) in [6.45, 7) is 3.97. The van der Waals surface area contributed by atoms with Crippen molar-refractivity contribution in [2.24, 2.45) is 0 Å². The third-order valence-corrected chi connectivity index (χ3v) is 3.21. The number of benzene rings is 2. The Labute approximate surface area is 119 Å². The molecule has 0 saturated heterocycles. The van der Waals surface area contributed by atoms with Gasteiger partial charge in [0.1, 0.15) is 0 Å². The van der Waals surface area contributed by atoms with Crippen molar-refractivity contribution in [1.82, 2.24) is 0 Å². The molecule has 2 aromatic rings. The fourth-order valence-electron chi connectivity index (χ4n) is 1.94. The minimum Gasteiger partial charge on any atom is -0.465 e. The summed E-state index contributed by atoms with van der Waals surface area (Å²) < 4.78 is 4.79. The first-order valence-corrected chi connectivity index (χ1v) is 6.54. The van der Waals surface area contributed by atoms with E-state index in [1.54, 1.807) is 0 Å². The molecule has 0 fully saturated rings. The monoisotopic (exact) mass is 266 g/mol. The minimum absolute atomic E-state index is 0.298. The molecule has 0 spiro atoms. The van der Waals surface area contributed by atoms with E-state index in [2.05, 4.69) is 31.2 Å². The van der Waals surface area contributed by atoms with Gasteiger partial charge in [0.25, 0.3) is 0 Å². The van der Waals surface area contributed by atoms with Crippen LogP contribution in [0, 0.1) is 13.8 Å². The molecular weight excluding hydrogens is 248 g/mol. The van der Waals surface area contributed by atoms with Crippen LogP contribution in [0.25, 0.3) is 12.2 Å². The zero-order valence-corrected chi connectivity index (χ0v) is 12.0.